The molecule has 0 saturated carbocycles. The number of hydrogen-bond donors (Lipinski definition) is 1. The van der Waals surface area contributed by atoms with Gasteiger partial charge >= 0.3 is 0 Å². The molecule has 0 spiro atoms. The van der Waals surface area contributed by atoms with Crippen LogP contribution in [0.3, 0.4) is 0 Å². The van der Waals surface area contributed by atoms with Gasteiger partial charge in [-0.3, -0.25) is 9.78 Å². The molecule has 25 heavy (non-hydrogen) atoms. The molecule has 4 heteroatoms. The molecule has 3 rings (SSSR count). The summed E-state index contributed by atoms with van der Waals surface area (Å²) in [5, 5.41) is 3.95. The first-order chi connectivity index (χ1) is 12.2. The van der Waals surface area contributed by atoms with Crippen LogP contribution in [0.25, 0.3) is 10.9 Å². The van der Waals surface area contributed by atoms with Crippen molar-refractivity contribution in [2.45, 2.75) is 26.2 Å². The second-order valence-corrected chi connectivity index (χ2v) is 6.06. The van der Waals surface area contributed by atoms with Crippen molar-refractivity contribution in [2.24, 2.45) is 0 Å². The van der Waals surface area contributed by atoms with E-state index in [0.29, 0.717) is 11.7 Å². The molecule has 0 saturated heterocycles. The number of para-hydroxylation sites is 2. The van der Waals surface area contributed by atoms with Crippen molar-refractivity contribution < 1.29 is 9.53 Å². The number of rotatable bonds is 6. The Labute approximate surface area is 147 Å². The molecule has 3 aromatic rings. The Morgan fingerprint density at radius 3 is 2.76 bits per heavy atom. The second kappa shape index (κ2) is 7.79. The second-order valence-electron chi connectivity index (χ2n) is 6.06. The number of pyridine rings is 1. The molecule has 0 aliphatic carbocycles. The number of ether oxygens (including phenoxy) is 1. The number of nitrogens with zero attached hydrogens (tertiary/aromatic N) is 1. The number of amides is 1. The fraction of sp³-hybridized carbons (Fsp3) is 0.238. The van der Waals surface area contributed by atoms with E-state index in [0.717, 1.165) is 28.6 Å². The molecule has 1 N–H and O–H groups in total. The fourth-order valence-corrected chi connectivity index (χ4v) is 2.78. The van der Waals surface area contributed by atoms with E-state index < -0.39 is 0 Å². The first kappa shape index (κ1) is 17.0. The van der Waals surface area contributed by atoms with E-state index in [9.17, 15) is 4.79 Å². The van der Waals surface area contributed by atoms with Gasteiger partial charge in [-0.25, -0.2) is 0 Å². The van der Waals surface area contributed by atoms with Gasteiger partial charge in [-0.05, 0) is 36.1 Å². The van der Waals surface area contributed by atoms with E-state index in [4.69, 9.17) is 4.74 Å². The minimum Gasteiger partial charge on any atom is -0.481 e. The maximum absolute atomic E-state index is 12.3. The van der Waals surface area contributed by atoms with Gasteiger partial charge in [0, 0.05) is 17.3 Å². The van der Waals surface area contributed by atoms with Crippen LogP contribution >= 0.6 is 0 Å². The van der Waals surface area contributed by atoms with Crippen LogP contribution in [-0.2, 0) is 4.79 Å². The predicted octanol–water partition coefficient (Wildman–Crippen LogP) is 4.77. The van der Waals surface area contributed by atoms with Gasteiger partial charge in [-0.15, -0.1) is 0 Å². The normalized spacial score (nSPS) is 11.9. The van der Waals surface area contributed by atoms with Crippen molar-refractivity contribution in [3.8, 4) is 5.75 Å². The summed E-state index contributed by atoms with van der Waals surface area (Å²) in [4.78, 5) is 16.7. The molecular weight excluding hydrogens is 312 g/mol. The van der Waals surface area contributed by atoms with E-state index in [1.807, 2.05) is 48.5 Å². The van der Waals surface area contributed by atoms with E-state index in [1.54, 1.807) is 6.20 Å². The summed E-state index contributed by atoms with van der Waals surface area (Å²) < 4.78 is 5.71. The Morgan fingerprint density at radius 1 is 1.12 bits per heavy atom. The third-order valence-corrected chi connectivity index (χ3v) is 4.33. The van der Waals surface area contributed by atoms with Crippen molar-refractivity contribution in [3.05, 3.63) is 66.4 Å². The van der Waals surface area contributed by atoms with Crippen LogP contribution < -0.4 is 10.1 Å². The lowest BCUT2D eigenvalue weighted by Gasteiger charge is -2.16. The number of nitrogens with one attached hydrogen (secondary N) is 1. The third kappa shape index (κ3) is 3.97. The standard InChI is InChI=1S/C21H22N2O2/c1-3-15(2)17-10-4-5-11-18(17)23-20(24)14-25-19-12-6-8-16-9-7-13-22-21(16)19/h4-13,15H,3,14H2,1-2H3,(H,23,24)/t15-/m0/s1. The summed E-state index contributed by atoms with van der Waals surface area (Å²) >= 11 is 0. The van der Waals surface area contributed by atoms with Crippen molar-refractivity contribution >= 4 is 22.5 Å². The summed E-state index contributed by atoms with van der Waals surface area (Å²) in [5.41, 5.74) is 2.75. The van der Waals surface area contributed by atoms with Crippen LogP contribution in [0.4, 0.5) is 5.69 Å². The minimum atomic E-state index is -0.177. The van der Waals surface area contributed by atoms with Crippen molar-refractivity contribution in [3.63, 3.8) is 0 Å². The van der Waals surface area contributed by atoms with Crippen molar-refractivity contribution in [1.82, 2.24) is 4.98 Å². The van der Waals surface area contributed by atoms with Crippen LogP contribution in [-0.4, -0.2) is 17.5 Å². The molecule has 0 aliphatic rings. The molecule has 128 valence electrons. The zero-order valence-electron chi connectivity index (χ0n) is 14.5. The van der Waals surface area contributed by atoms with E-state index in [1.165, 1.54) is 0 Å². The molecule has 1 atom stereocenters. The van der Waals surface area contributed by atoms with Gasteiger partial charge in [0.2, 0.25) is 0 Å². The lowest BCUT2D eigenvalue weighted by Crippen LogP contribution is -2.21. The molecule has 4 nitrogen and oxygen atoms in total. The quantitative estimate of drug-likeness (QED) is 0.707. The lowest BCUT2D eigenvalue weighted by molar-refractivity contribution is -0.118. The molecule has 1 aromatic heterocycles. The van der Waals surface area contributed by atoms with Gasteiger partial charge in [0.15, 0.2) is 6.61 Å². The first-order valence-corrected chi connectivity index (χ1v) is 8.54. The topological polar surface area (TPSA) is 51.2 Å². The lowest BCUT2D eigenvalue weighted by atomic mass is 9.97. The number of aromatic nitrogens is 1. The largest absolute Gasteiger partial charge is 0.481 e. The van der Waals surface area contributed by atoms with E-state index in [-0.39, 0.29) is 12.5 Å². The molecule has 0 bridgehead atoms. The highest BCUT2D eigenvalue weighted by Crippen LogP contribution is 2.27. The van der Waals surface area contributed by atoms with Gasteiger partial charge in [0.1, 0.15) is 11.3 Å². The van der Waals surface area contributed by atoms with E-state index in [2.05, 4.69) is 30.2 Å². The summed E-state index contributed by atoms with van der Waals surface area (Å²) in [5.74, 6) is 0.826. The van der Waals surface area contributed by atoms with Gasteiger partial charge in [-0.1, -0.05) is 50.2 Å². The van der Waals surface area contributed by atoms with Gasteiger partial charge in [-0.2, -0.15) is 0 Å². The number of fused-ring (bicyclic) bond motifs is 1. The molecule has 0 unspecified atom stereocenters. The summed E-state index contributed by atoms with van der Waals surface area (Å²) in [7, 11) is 0. The Hall–Kier alpha value is -2.88. The number of hydrogen-bond acceptors (Lipinski definition) is 3. The molecule has 0 fully saturated rings. The maximum atomic E-state index is 12.3. The number of carbonyl (C=O) groups is 1. The smallest absolute Gasteiger partial charge is 0.262 e. The van der Waals surface area contributed by atoms with Crippen LogP contribution in [0.2, 0.25) is 0 Å². The van der Waals surface area contributed by atoms with Crippen LogP contribution in [0.15, 0.2) is 60.8 Å². The first-order valence-electron chi connectivity index (χ1n) is 8.54. The molecule has 2 aromatic carbocycles. The number of benzene rings is 2. The number of carbonyl (C=O) groups excluding carboxylic acids is 1. The van der Waals surface area contributed by atoms with Crippen molar-refractivity contribution in [1.29, 1.82) is 0 Å². The van der Waals surface area contributed by atoms with E-state index >= 15 is 0 Å². The number of anilines is 1. The average molecular weight is 334 g/mol. The van der Waals surface area contributed by atoms with Crippen LogP contribution in [0, 0.1) is 0 Å². The van der Waals surface area contributed by atoms with Gasteiger partial charge in [0.25, 0.3) is 5.91 Å². The monoisotopic (exact) mass is 334 g/mol. The Morgan fingerprint density at radius 2 is 1.92 bits per heavy atom. The fourth-order valence-electron chi connectivity index (χ4n) is 2.78. The molecular formula is C21H22N2O2. The summed E-state index contributed by atoms with van der Waals surface area (Å²) in [6.45, 7) is 4.24. The molecule has 0 aliphatic heterocycles. The maximum Gasteiger partial charge on any atom is 0.262 e. The molecule has 0 radical (unpaired) electrons. The minimum absolute atomic E-state index is 0.0511. The van der Waals surface area contributed by atoms with Gasteiger partial charge in [0.05, 0.1) is 0 Å². The van der Waals surface area contributed by atoms with Gasteiger partial charge < -0.3 is 10.1 Å². The predicted molar refractivity (Wildman–Crippen MR) is 101 cm³/mol. The van der Waals surface area contributed by atoms with Crippen LogP contribution in [0.5, 0.6) is 5.75 Å². The third-order valence-electron chi connectivity index (χ3n) is 4.33. The average Bonchev–Trinajstić information content (AvgIpc) is 2.66. The molecule has 1 heterocycles. The zero-order valence-corrected chi connectivity index (χ0v) is 14.5. The zero-order chi connectivity index (χ0) is 17.6. The Kier molecular flexibility index (Phi) is 5.29. The SMILES string of the molecule is CC[C@H](C)c1ccccc1NC(=O)COc1cccc2cccnc12. The highest BCUT2D eigenvalue weighted by Gasteiger charge is 2.12. The summed E-state index contributed by atoms with van der Waals surface area (Å²) in [6.07, 6.45) is 2.74. The highest BCUT2D eigenvalue weighted by atomic mass is 16.5. The summed E-state index contributed by atoms with van der Waals surface area (Å²) in [6, 6.07) is 17.5. The van der Waals surface area contributed by atoms with Crippen molar-refractivity contribution in [2.75, 3.05) is 11.9 Å². The Balaban J connectivity index is 1.69. The highest BCUT2D eigenvalue weighted by molar-refractivity contribution is 5.93. The molecule has 1 amide bonds. The van der Waals surface area contributed by atoms with Crippen LogP contribution in [0.1, 0.15) is 31.7 Å². The Bertz CT molecular complexity index is 871.